The third-order valence-corrected chi connectivity index (χ3v) is 10.1. The largest absolute Gasteiger partial charge is 0.494 e. The highest BCUT2D eigenvalue weighted by Crippen LogP contribution is 2.43. The molecule has 1 aliphatic heterocycles. The number of nitrogens with two attached hydrogens (primary N) is 1. The first-order chi connectivity index (χ1) is 23.9. The molecular formula is C33H37ClF2N9O4P. The van der Waals surface area contributed by atoms with Gasteiger partial charge in [-0.3, -0.25) is 9.55 Å². The molecule has 1 fully saturated rings. The molecule has 0 saturated carbocycles. The molecule has 6 rings (SSSR count). The van der Waals surface area contributed by atoms with Gasteiger partial charge in [0.1, 0.15) is 29.1 Å². The van der Waals surface area contributed by atoms with Gasteiger partial charge in [0.25, 0.3) is 0 Å². The number of hydrogen-bond acceptors (Lipinski definition) is 11. The second kappa shape index (κ2) is 14.5. The van der Waals surface area contributed by atoms with E-state index in [-0.39, 0.29) is 35.7 Å². The van der Waals surface area contributed by atoms with E-state index in [2.05, 4.69) is 35.1 Å². The molecule has 0 bridgehead atoms. The number of anilines is 2. The van der Waals surface area contributed by atoms with Crippen LogP contribution in [0.2, 0.25) is 5.15 Å². The number of rotatable bonds is 12. The number of fused-ring (bicyclic) bond motifs is 1. The number of hydrogen-bond donors (Lipinski definition) is 3. The van der Waals surface area contributed by atoms with Crippen LogP contribution < -0.4 is 20.7 Å². The van der Waals surface area contributed by atoms with E-state index in [0.717, 1.165) is 24.2 Å². The fourth-order valence-electron chi connectivity index (χ4n) is 5.99. The lowest BCUT2D eigenvalue weighted by atomic mass is 9.86. The normalized spacial score (nSPS) is 18.2. The highest BCUT2D eigenvalue weighted by atomic mass is 35.5. The van der Waals surface area contributed by atoms with Crippen molar-refractivity contribution in [3.8, 4) is 17.0 Å². The van der Waals surface area contributed by atoms with Gasteiger partial charge in [0.2, 0.25) is 0 Å². The standard InChI is InChI=1S/C33H37ClF2N9O4P/c1-4-20(2)49-50(46,47)19-42-31-30-32(40-17-39-31)45(18-41-30)15-21-11-25(22-12-24(36)27(48-3)13-23(22)35)38-14-26(21)44-10-6-9-33(37,16-44)28-7-5-8-29(34)43-28/h5,7-8,11-14,17-18,20H,4,6,9-10,15-16,19,37H2,1-3H3,(H,46,47)(H,39,40,42)/t20?,33-/m1/s1. The molecule has 264 valence electrons. The summed E-state index contributed by atoms with van der Waals surface area (Å²) in [6.07, 6.45) is 5.73. The van der Waals surface area contributed by atoms with Gasteiger partial charge in [0.15, 0.2) is 23.0 Å². The summed E-state index contributed by atoms with van der Waals surface area (Å²) in [5.41, 5.74) is 9.18. The van der Waals surface area contributed by atoms with E-state index in [0.29, 0.717) is 53.5 Å². The van der Waals surface area contributed by atoms with Crippen molar-refractivity contribution >= 4 is 41.9 Å². The van der Waals surface area contributed by atoms with Crippen molar-refractivity contribution in [2.75, 3.05) is 36.7 Å². The second-order valence-electron chi connectivity index (χ2n) is 12.3. The zero-order valence-corrected chi connectivity index (χ0v) is 29.3. The molecule has 5 heterocycles. The van der Waals surface area contributed by atoms with Crippen LogP contribution in [0.15, 0.2) is 55.2 Å². The molecule has 50 heavy (non-hydrogen) atoms. The van der Waals surface area contributed by atoms with Crippen LogP contribution in [0.25, 0.3) is 22.4 Å². The third kappa shape index (κ3) is 7.57. The van der Waals surface area contributed by atoms with Crippen molar-refractivity contribution < 1.29 is 27.5 Å². The van der Waals surface area contributed by atoms with E-state index in [1.54, 1.807) is 36.1 Å². The maximum atomic E-state index is 15.3. The minimum atomic E-state index is -3.97. The van der Waals surface area contributed by atoms with Crippen molar-refractivity contribution in [2.24, 2.45) is 5.73 Å². The minimum absolute atomic E-state index is 0.0385. The lowest BCUT2D eigenvalue weighted by molar-refractivity contribution is 0.186. The number of aromatic nitrogens is 6. The topological polar surface area (TPSA) is 166 Å². The molecule has 0 amide bonds. The van der Waals surface area contributed by atoms with Crippen LogP contribution in [0.1, 0.15) is 44.4 Å². The summed E-state index contributed by atoms with van der Waals surface area (Å²) < 4.78 is 54.7. The highest BCUT2D eigenvalue weighted by molar-refractivity contribution is 7.52. The zero-order valence-electron chi connectivity index (χ0n) is 27.7. The first-order valence-electron chi connectivity index (χ1n) is 16.0. The second-order valence-corrected chi connectivity index (χ2v) is 14.4. The summed E-state index contributed by atoms with van der Waals surface area (Å²) in [5.74, 6) is -1.40. The number of pyridine rings is 2. The number of imidazole rings is 1. The van der Waals surface area contributed by atoms with Crippen molar-refractivity contribution in [2.45, 2.75) is 51.3 Å². The van der Waals surface area contributed by atoms with E-state index in [9.17, 15) is 13.8 Å². The van der Waals surface area contributed by atoms with Gasteiger partial charge in [-0.05, 0) is 56.0 Å². The molecule has 0 radical (unpaired) electrons. The molecule has 1 aliphatic rings. The predicted molar refractivity (Wildman–Crippen MR) is 186 cm³/mol. The van der Waals surface area contributed by atoms with E-state index in [1.807, 2.05) is 19.1 Å². The monoisotopic (exact) mass is 727 g/mol. The number of piperidine rings is 1. The number of methoxy groups -OCH3 is 1. The van der Waals surface area contributed by atoms with Crippen molar-refractivity contribution in [3.63, 3.8) is 0 Å². The lowest BCUT2D eigenvalue weighted by Gasteiger charge is -2.41. The number of benzene rings is 1. The molecule has 1 aromatic carbocycles. The summed E-state index contributed by atoms with van der Waals surface area (Å²) in [4.78, 5) is 34.7. The van der Waals surface area contributed by atoms with Crippen LogP contribution in [-0.4, -0.2) is 67.0 Å². The van der Waals surface area contributed by atoms with Gasteiger partial charge >= 0.3 is 7.60 Å². The first-order valence-corrected chi connectivity index (χ1v) is 18.1. The Morgan fingerprint density at radius 1 is 1.18 bits per heavy atom. The Labute approximate surface area is 292 Å². The molecule has 0 aliphatic carbocycles. The number of ether oxygens (including phenoxy) is 1. The SMILES string of the molecule is CCC(C)OP(=O)(O)CNc1ncnc2c1ncn2Cc1cc(-c2cc(F)c(OC)cc2F)ncc1N1CCC[C@](N)(c2cccc(Cl)n2)C1. The van der Waals surface area contributed by atoms with Crippen molar-refractivity contribution in [1.29, 1.82) is 0 Å². The number of nitrogens with one attached hydrogen (secondary N) is 1. The maximum Gasteiger partial charge on any atom is 0.347 e. The molecule has 0 spiro atoms. The minimum Gasteiger partial charge on any atom is -0.494 e. The Hall–Kier alpha value is -4.27. The lowest BCUT2D eigenvalue weighted by Crippen LogP contribution is -2.52. The molecule has 2 unspecified atom stereocenters. The highest BCUT2D eigenvalue weighted by Gasteiger charge is 2.36. The Morgan fingerprint density at radius 2 is 2.00 bits per heavy atom. The van der Waals surface area contributed by atoms with Crippen LogP contribution in [0, 0.1) is 11.6 Å². The summed E-state index contributed by atoms with van der Waals surface area (Å²) >= 11 is 6.22. The maximum absolute atomic E-state index is 15.3. The fourth-order valence-corrected chi connectivity index (χ4v) is 7.29. The van der Waals surface area contributed by atoms with E-state index < -0.39 is 30.9 Å². The summed E-state index contributed by atoms with van der Waals surface area (Å²) in [6.45, 7) is 4.81. The Bertz CT molecular complexity index is 2070. The van der Waals surface area contributed by atoms with Gasteiger partial charge in [-0.15, -0.1) is 0 Å². The first kappa shape index (κ1) is 35.6. The van der Waals surface area contributed by atoms with Crippen LogP contribution in [-0.2, 0) is 21.2 Å². The quantitative estimate of drug-likeness (QED) is 0.100. The summed E-state index contributed by atoms with van der Waals surface area (Å²) in [7, 11) is -2.70. The third-order valence-electron chi connectivity index (χ3n) is 8.68. The van der Waals surface area contributed by atoms with Crippen molar-refractivity contribution in [1.82, 2.24) is 29.5 Å². The van der Waals surface area contributed by atoms with Gasteiger partial charge in [-0.1, -0.05) is 24.6 Å². The van der Waals surface area contributed by atoms with Crippen molar-refractivity contribution in [3.05, 3.63) is 83.3 Å². The van der Waals surface area contributed by atoms with Crippen LogP contribution in [0.3, 0.4) is 0 Å². The van der Waals surface area contributed by atoms with Gasteiger partial charge in [0, 0.05) is 24.7 Å². The molecule has 3 atom stereocenters. The molecule has 17 heteroatoms. The average Bonchev–Trinajstić information content (AvgIpc) is 3.51. The van der Waals surface area contributed by atoms with Gasteiger partial charge in [0.05, 0.1) is 54.9 Å². The van der Waals surface area contributed by atoms with Gasteiger partial charge < -0.3 is 34.7 Å². The van der Waals surface area contributed by atoms with Crippen LogP contribution in [0.4, 0.5) is 20.3 Å². The molecule has 4 N–H and O–H groups in total. The van der Waals surface area contributed by atoms with Gasteiger partial charge in [-0.25, -0.2) is 28.7 Å². The molecule has 4 aromatic heterocycles. The number of nitrogens with zero attached hydrogens (tertiary/aromatic N) is 7. The van der Waals surface area contributed by atoms with E-state index in [1.165, 1.54) is 13.4 Å². The zero-order chi connectivity index (χ0) is 35.6. The Kier molecular flexibility index (Phi) is 10.3. The Morgan fingerprint density at radius 3 is 2.76 bits per heavy atom. The van der Waals surface area contributed by atoms with Gasteiger partial charge in [-0.2, -0.15) is 0 Å². The number of halogens is 3. The molecular weight excluding hydrogens is 691 g/mol. The van der Waals surface area contributed by atoms with E-state index >= 15 is 4.39 Å². The summed E-state index contributed by atoms with van der Waals surface area (Å²) in [6, 6.07) is 9.10. The van der Waals surface area contributed by atoms with Crippen LogP contribution in [0.5, 0.6) is 5.75 Å². The molecule has 1 saturated heterocycles. The molecule has 13 nitrogen and oxygen atoms in total. The van der Waals surface area contributed by atoms with E-state index in [4.69, 9.17) is 26.6 Å². The molecule has 5 aromatic rings. The smallest absolute Gasteiger partial charge is 0.347 e. The predicted octanol–water partition coefficient (Wildman–Crippen LogP) is 6.10. The Balaban J connectivity index is 1.37. The summed E-state index contributed by atoms with van der Waals surface area (Å²) in [5, 5.41) is 3.22. The average molecular weight is 728 g/mol. The van der Waals surface area contributed by atoms with Crippen LogP contribution >= 0.6 is 19.2 Å². The fraction of sp³-hybridized carbons (Fsp3) is 0.364.